The molecule has 1 aliphatic heterocycles. The number of hydrogen-bond donors (Lipinski definition) is 1. The van der Waals surface area contributed by atoms with Gasteiger partial charge in [0.15, 0.2) is 0 Å². The second-order valence-corrected chi connectivity index (χ2v) is 7.58. The Hall–Kier alpha value is -1.48. The number of fused-ring (bicyclic) bond motifs is 1. The molecular formula is C17H23ClN4O3S. The molecular weight excluding hydrogens is 376 g/mol. The van der Waals surface area contributed by atoms with Crippen LogP contribution in [0, 0.1) is 6.92 Å². The van der Waals surface area contributed by atoms with E-state index < -0.39 is 0 Å². The van der Waals surface area contributed by atoms with Gasteiger partial charge < -0.3 is 14.7 Å². The first-order valence-electron chi connectivity index (χ1n) is 8.77. The Labute approximate surface area is 161 Å². The molecule has 142 valence electrons. The number of carbonyl (C=O) groups excluding carboxylic acids is 1. The third-order valence-corrected chi connectivity index (χ3v) is 5.79. The molecule has 0 bridgehead atoms. The van der Waals surface area contributed by atoms with Crippen LogP contribution in [0.25, 0.3) is 10.2 Å². The molecule has 0 spiro atoms. The van der Waals surface area contributed by atoms with Crippen LogP contribution in [0.5, 0.6) is 0 Å². The lowest BCUT2D eigenvalue weighted by Gasteiger charge is -2.35. The number of aryl methyl sites for hydroxylation is 1. The maximum Gasteiger partial charge on any atom is 0.348 e. The number of carbonyl (C=O) groups is 1. The Balaban J connectivity index is 1.93. The molecule has 3 rings (SSSR count). The number of nitrogens with zero attached hydrogens (tertiary/aromatic N) is 4. The first-order valence-corrected chi connectivity index (χ1v) is 9.96. The van der Waals surface area contributed by atoms with Crippen LogP contribution in [0.1, 0.15) is 28.6 Å². The highest BCUT2D eigenvalue weighted by Gasteiger charge is 2.25. The van der Waals surface area contributed by atoms with Crippen molar-refractivity contribution in [2.75, 3.05) is 50.8 Å². The molecule has 26 heavy (non-hydrogen) atoms. The molecule has 1 fully saturated rings. The first-order chi connectivity index (χ1) is 12.5. The standard InChI is InChI=1S/C17H23ClN4O3S/c1-3-10-25-16(24)13-11(2)12-14(19-17(18)20-15(12)26-13)22-6-4-21(5-7-22)8-9-23/h23H,3-10H2,1-2H3. The van der Waals surface area contributed by atoms with Crippen molar-refractivity contribution in [3.8, 4) is 0 Å². The van der Waals surface area contributed by atoms with Gasteiger partial charge in [-0.25, -0.2) is 9.78 Å². The van der Waals surface area contributed by atoms with Gasteiger partial charge in [0.1, 0.15) is 15.5 Å². The van der Waals surface area contributed by atoms with Gasteiger partial charge in [0.2, 0.25) is 5.28 Å². The Morgan fingerprint density at radius 3 is 2.69 bits per heavy atom. The van der Waals surface area contributed by atoms with Crippen LogP contribution < -0.4 is 4.90 Å². The van der Waals surface area contributed by atoms with Crippen LogP contribution in [-0.2, 0) is 4.74 Å². The van der Waals surface area contributed by atoms with E-state index in [0.717, 1.165) is 49.4 Å². The Morgan fingerprint density at radius 2 is 2.04 bits per heavy atom. The van der Waals surface area contributed by atoms with Gasteiger partial charge in [-0.15, -0.1) is 11.3 Å². The summed E-state index contributed by atoms with van der Waals surface area (Å²) in [6.45, 7) is 8.37. The zero-order valence-corrected chi connectivity index (χ0v) is 16.6. The van der Waals surface area contributed by atoms with Gasteiger partial charge in [0, 0.05) is 32.7 Å². The molecule has 1 aliphatic rings. The molecule has 0 aromatic carbocycles. The highest BCUT2D eigenvalue weighted by molar-refractivity contribution is 7.20. The molecule has 0 saturated carbocycles. The van der Waals surface area contributed by atoms with Crippen molar-refractivity contribution in [1.29, 1.82) is 0 Å². The van der Waals surface area contributed by atoms with Crippen molar-refractivity contribution in [2.45, 2.75) is 20.3 Å². The summed E-state index contributed by atoms with van der Waals surface area (Å²) in [7, 11) is 0. The van der Waals surface area contributed by atoms with E-state index in [2.05, 4.69) is 19.8 Å². The lowest BCUT2D eigenvalue weighted by molar-refractivity contribution is 0.0510. The molecule has 0 amide bonds. The quantitative estimate of drug-likeness (QED) is 0.591. The van der Waals surface area contributed by atoms with E-state index in [1.807, 2.05) is 13.8 Å². The van der Waals surface area contributed by atoms with Gasteiger partial charge in [0.05, 0.1) is 18.6 Å². The van der Waals surface area contributed by atoms with Gasteiger partial charge in [-0.05, 0) is 30.5 Å². The largest absolute Gasteiger partial charge is 0.462 e. The summed E-state index contributed by atoms with van der Waals surface area (Å²) in [4.78, 5) is 26.8. The fourth-order valence-electron chi connectivity index (χ4n) is 3.10. The van der Waals surface area contributed by atoms with E-state index in [4.69, 9.17) is 21.4 Å². The molecule has 0 aliphatic carbocycles. The lowest BCUT2D eigenvalue weighted by atomic mass is 10.2. The van der Waals surface area contributed by atoms with Crippen molar-refractivity contribution in [3.63, 3.8) is 0 Å². The highest BCUT2D eigenvalue weighted by Crippen LogP contribution is 2.36. The number of piperazine rings is 1. The monoisotopic (exact) mass is 398 g/mol. The van der Waals surface area contributed by atoms with Gasteiger partial charge in [0.25, 0.3) is 0 Å². The lowest BCUT2D eigenvalue weighted by Crippen LogP contribution is -2.47. The second-order valence-electron chi connectivity index (χ2n) is 6.24. The Bertz CT molecular complexity index is 790. The van der Waals surface area contributed by atoms with Crippen LogP contribution in [0.2, 0.25) is 5.28 Å². The summed E-state index contributed by atoms with van der Waals surface area (Å²) >= 11 is 7.45. The summed E-state index contributed by atoms with van der Waals surface area (Å²) in [5.74, 6) is 0.453. The maximum absolute atomic E-state index is 12.3. The minimum Gasteiger partial charge on any atom is -0.462 e. The van der Waals surface area contributed by atoms with E-state index in [0.29, 0.717) is 22.9 Å². The minimum absolute atomic E-state index is 0.163. The molecule has 0 radical (unpaired) electrons. The molecule has 9 heteroatoms. The van der Waals surface area contributed by atoms with Crippen LogP contribution >= 0.6 is 22.9 Å². The number of hydrogen-bond acceptors (Lipinski definition) is 8. The summed E-state index contributed by atoms with van der Waals surface area (Å²) in [6, 6.07) is 0. The number of aliphatic hydroxyl groups is 1. The van der Waals surface area contributed by atoms with Crippen molar-refractivity contribution >= 4 is 44.9 Å². The highest BCUT2D eigenvalue weighted by atomic mass is 35.5. The number of halogens is 1. The molecule has 2 aromatic heterocycles. The second kappa shape index (κ2) is 8.47. The number of β-amino-alcohol motifs (C(OH)–C–C–N with tert-alkyl or cyclic N) is 1. The van der Waals surface area contributed by atoms with E-state index in [9.17, 15) is 4.79 Å². The summed E-state index contributed by atoms with van der Waals surface area (Å²) in [6.07, 6.45) is 0.782. The molecule has 0 unspecified atom stereocenters. The van der Waals surface area contributed by atoms with Crippen molar-refractivity contribution in [3.05, 3.63) is 15.7 Å². The average molecular weight is 399 g/mol. The van der Waals surface area contributed by atoms with Crippen LogP contribution in [-0.4, -0.2) is 71.9 Å². The maximum atomic E-state index is 12.3. The third kappa shape index (κ3) is 3.93. The van der Waals surface area contributed by atoms with E-state index >= 15 is 0 Å². The predicted octanol–water partition coefficient (Wildman–Crippen LogP) is 2.33. The fourth-order valence-corrected chi connectivity index (χ4v) is 4.38. The van der Waals surface area contributed by atoms with Crippen LogP contribution in [0.15, 0.2) is 0 Å². The SMILES string of the molecule is CCCOC(=O)c1sc2nc(Cl)nc(N3CCN(CCO)CC3)c2c1C. The molecule has 2 aromatic rings. The van der Waals surface area contributed by atoms with E-state index in [1.165, 1.54) is 11.3 Å². The predicted molar refractivity (Wildman–Crippen MR) is 103 cm³/mol. The smallest absolute Gasteiger partial charge is 0.348 e. The number of thiophene rings is 1. The summed E-state index contributed by atoms with van der Waals surface area (Å²) < 4.78 is 5.29. The minimum atomic E-state index is -0.317. The number of esters is 1. The average Bonchev–Trinajstić information content (AvgIpc) is 2.96. The molecule has 7 nitrogen and oxygen atoms in total. The zero-order valence-electron chi connectivity index (χ0n) is 15.0. The number of ether oxygens (including phenoxy) is 1. The summed E-state index contributed by atoms with van der Waals surface area (Å²) in [5, 5.41) is 10.2. The van der Waals surface area contributed by atoms with Crippen LogP contribution in [0.3, 0.4) is 0 Å². The van der Waals surface area contributed by atoms with Crippen molar-refractivity contribution < 1.29 is 14.6 Å². The van der Waals surface area contributed by atoms with E-state index in [1.54, 1.807) is 0 Å². The number of anilines is 1. The molecule has 3 heterocycles. The Kier molecular flexibility index (Phi) is 6.29. The van der Waals surface area contributed by atoms with Gasteiger partial charge >= 0.3 is 5.97 Å². The van der Waals surface area contributed by atoms with Gasteiger partial charge in [-0.2, -0.15) is 4.98 Å². The number of aliphatic hydroxyl groups excluding tert-OH is 1. The van der Waals surface area contributed by atoms with Gasteiger partial charge in [-0.1, -0.05) is 6.92 Å². The van der Waals surface area contributed by atoms with Crippen LogP contribution in [0.4, 0.5) is 5.82 Å². The normalized spacial score (nSPS) is 15.6. The van der Waals surface area contributed by atoms with Crippen molar-refractivity contribution in [1.82, 2.24) is 14.9 Å². The topological polar surface area (TPSA) is 78.8 Å². The molecule has 0 atom stereocenters. The van der Waals surface area contributed by atoms with E-state index in [-0.39, 0.29) is 17.9 Å². The third-order valence-electron chi connectivity index (χ3n) is 4.45. The first kappa shape index (κ1) is 19.3. The fraction of sp³-hybridized carbons (Fsp3) is 0.588. The number of rotatable bonds is 6. The Morgan fingerprint density at radius 1 is 1.31 bits per heavy atom. The van der Waals surface area contributed by atoms with Crippen molar-refractivity contribution in [2.24, 2.45) is 0 Å². The number of aromatic nitrogens is 2. The molecule has 1 N–H and O–H groups in total. The summed E-state index contributed by atoms with van der Waals surface area (Å²) in [5.41, 5.74) is 0.843. The van der Waals surface area contributed by atoms with Gasteiger partial charge in [-0.3, -0.25) is 4.90 Å². The zero-order chi connectivity index (χ0) is 18.7. The molecule has 1 saturated heterocycles.